The zero-order valence-electron chi connectivity index (χ0n) is 26.0. The van der Waals surface area contributed by atoms with Gasteiger partial charge in [-0.3, -0.25) is 9.97 Å². The summed E-state index contributed by atoms with van der Waals surface area (Å²) in [5.41, 5.74) is 11.4. The molecule has 226 valence electrons. The summed E-state index contributed by atoms with van der Waals surface area (Å²) >= 11 is 0. The molecule has 0 aliphatic heterocycles. The van der Waals surface area contributed by atoms with E-state index >= 15 is 0 Å². The smallest absolute Gasteiger partial charge is 0.164 e. The number of nitrogens with zero attached hydrogens (tertiary/aromatic N) is 5. The summed E-state index contributed by atoms with van der Waals surface area (Å²) in [7, 11) is 0. The summed E-state index contributed by atoms with van der Waals surface area (Å²) in [6.07, 6.45) is 3.69. The Balaban J connectivity index is 1.01. The van der Waals surface area contributed by atoms with E-state index in [0.717, 1.165) is 61.5 Å². The summed E-state index contributed by atoms with van der Waals surface area (Å²) in [5.74, 6) is 1.96. The molecular formula is C43H29N5. The minimum Gasteiger partial charge on any atom is -0.255 e. The van der Waals surface area contributed by atoms with Crippen LogP contribution in [0.3, 0.4) is 0 Å². The van der Waals surface area contributed by atoms with Gasteiger partial charge in [-0.2, -0.15) is 0 Å². The molecule has 8 rings (SSSR count). The van der Waals surface area contributed by atoms with Gasteiger partial charge in [-0.15, -0.1) is 0 Å². The van der Waals surface area contributed by atoms with E-state index in [-0.39, 0.29) is 0 Å². The van der Waals surface area contributed by atoms with E-state index in [1.807, 2.05) is 91.1 Å². The van der Waals surface area contributed by atoms with Crippen LogP contribution in [0.4, 0.5) is 0 Å². The standard InChI is InChI=1S/C43H29N5/c1-3-9-35(10-4-1)41-46-42(36-11-5-2-6-12-36)48-43(47-41)37-24-22-33(23-25-37)31-16-14-30(15-17-31)32-18-20-34(21-19-32)38-26-27-40(45-29-38)39-13-7-8-28-44-39/h1-29H. The number of aromatic nitrogens is 5. The van der Waals surface area contributed by atoms with Crippen molar-refractivity contribution in [1.29, 1.82) is 0 Å². The van der Waals surface area contributed by atoms with Crippen molar-refractivity contribution in [3.8, 4) is 78.9 Å². The highest BCUT2D eigenvalue weighted by Crippen LogP contribution is 2.30. The van der Waals surface area contributed by atoms with Gasteiger partial charge in [0, 0.05) is 34.6 Å². The highest BCUT2D eigenvalue weighted by Gasteiger charge is 2.12. The first-order valence-electron chi connectivity index (χ1n) is 15.8. The molecule has 8 aromatic rings. The van der Waals surface area contributed by atoms with Crippen LogP contribution in [0.5, 0.6) is 0 Å². The molecule has 0 radical (unpaired) electrons. The lowest BCUT2D eigenvalue weighted by Crippen LogP contribution is -2.00. The monoisotopic (exact) mass is 615 g/mol. The lowest BCUT2D eigenvalue weighted by atomic mass is 9.98. The number of hydrogen-bond donors (Lipinski definition) is 0. The average Bonchev–Trinajstić information content (AvgIpc) is 3.19. The third kappa shape index (κ3) is 6.13. The Kier molecular flexibility index (Phi) is 7.83. The Hall–Kier alpha value is -6.59. The number of pyridine rings is 2. The summed E-state index contributed by atoms with van der Waals surface area (Å²) in [6, 6.07) is 55.7. The summed E-state index contributed by atoms with van der Waals surface area (Å²) in [4.78, 5) is 23.5. The van der Waals surface area contributed by atoms with Gasteiger partial charge >= 0.3 is 0 Å². The highest BCUT2D eigenvalue weighted by molar-refractivity contribution is 5.75. The van der Waals surface area contributed by atoms with E-state index in [2.05, 4.69) is 88.8 Å². The second-order valence-corrected chi connectivity index (χ2v) is 11.4. The van der Waals surface area contributed by atoms with Crippen LogP contribution in [-0.2, 0) is 0 Å². The molecule has 0 amide bonds. The van der Waals surface area contributed by atoms with Gasteiger partial charge in [0.25, 0.3) is 0 Å². The van der Waals surface area contributed by atoms with Crippen LogP contribution < -0.4 is 0 Å². The second kappa shape index (κ2) is 13.0. The number of rotatable bonds is 7. The minimum absolute atomic E-state index is 0.646. The third-order valence-electron chi connectivity index (χ3n) is 8.30. The van der Waals surface area contributed by atoms with Crippen LogP contribution in [0.15, 0.2) is 176 Å². The molecule has 5 heteroatoms. The van der Waals surface area contributed by atoms with Crippen molar-refractivity contribution >= 4 is 0 Å². The zero-order chi connectivity index (χ0) is 32.1. The van der Waals surface area contributed by atoms with E-state index < -0.39 is 0 Å². The molecule has 0 fully saturated rings. The lowest BCUT2D eigenvalue weighted by Gasteiger charge is -2.09. The molecule has 0 atom stereocenters. The van der Waals surface area contributed by atoms with Crippen LogP contribution in [0.25, 0.3) is 78.9 Å². The summed E-state index contributed by atoms with van der Waals surface area (Å²) in [5, 5.41) is 0. The summed E-state index contributed by atoms with van der Waals surface area (Å²) in [6.45, 7) is 0. The molecule has 5 aromatic carbocycles. The SMILES string of the molecule is c1ccc(-c2nc(-c3ccccc3)nc(-c3ccc(-c4ccc(-c5ccc(-c6ccc(-c7ccccn7)nc6)cc5)cc4)cc3)n2)cc1. The van der Waals surface area contributed by atoms with E-state index in [0.29, 0.717) is 17.5 Å². The fourth-order valence-corrected chi connectivity index (χ4v) is 5.69. The van der Waals surface area contributed by atoms with E-state index in [4.69, 9.17) is 15.0 Å². The Morgan fingerprint density at radius 1 is 0.250 bits per heavy atom. The van der Waals surface area contributed by atoms with Crippen molar-refractivity contribution in [3.05, 3.63) is 176 Å². The van der Waals surface area contributed by atoms with Gasteiger partial charge in [0.1, 0.15) is 0 Å². The van der Waals surface area contributed by atoms with Gasteiger partial charge < -0.3 is 0 Å². The van der Waals surface area contributed by atoms with Crippen LogP contribution in [-0.4, -0.2) is 24.9 Å². The van der Waals surface area contributed by atoms with Crippen LogP contribution >= 0.6 is 0 Å². The Morgan fingerprint density at radius 3 is 1.00 bits per heavy atom. The summed E-state index contributed by atoms with van der Waals surface area (Å²) < 4.78 is 0. The maximum Gasteiger partial charge on any atom is 0.164 e. The van der Waals surface area contributed by atoms with Gasteiger partial charge in [-0.1, -0.05) is 146 Å². The predicted octanol–water partition coefficient (Wildman–Crippen LogP) is 10.3. The van der Waals surface area contributed by atoms with Crippen LogP contribution in [0, 0.1) is 0 Å². The molecule has 0 saturated heterocycles. The molecule has 3 heterocycles. The molecule has 0 aliphatic carbocycles. The Bertz CT molecular complexity index is 2210. The number of benzene rings is 5. The Morgan fingerprint density at radius 2 is 0.604 bits per heavy atom. The quantitative estimate of drug-likeness (QED) is 0.178. The van der Waals surface area contributed by atoms with Crippen molar-refractivity contribution in [3.63, 3.8) is 0 Å². The Labute approximate surface area is 279 Å². The van der Waals surface area contributed by atoms with Crippen LogP contribution in [0.2, 0.25) is 0 Å². The third-order valence-corrected chi connectivity index (χ3v) is 8.30. The first-order chi connectivity index (χ1) is 23.8. The van der Waals surface area contributed by atoms with Crippen molar-refractivity contribution in [2.24, 2.45) is 0 Å². The molecule has 0 bridgehead atoms. The van der Waals surface area contributed by atoms with Crippen molar-refractivity contribution < 1.29 is 0 Å². The normalized spacial score (nSPS) is 10.9. The van der Waals surface area contributed by atoms with Crippen molar-refractivity contribution in [2.45, 2.75) is 0 Å². The molecule has 0 aliphatic rings. The zero-order valence-corrected chi connectivity index (χ0v) is 26.0. The molecule has 0 unspecified atom stereocenters. The van der Waals surface area contributed by atoms with E-state index in [9.17, 15) is 0 Å². The molecule has 0 N–H and O–H groups in total. The van der Waals surface area contributed by atoms with Gasteiger partial charge in [0.05, 0.1) is 11.4 Å². The second-order valence-electron chi connectivity index (χ2n) is 11.4. The van der Waals surface area contributed by atoms with Gasteiger partial charge in [-0.25, -0.2) is 15.0 Å². The molecule has 0 saturated carbocycles. The fraction of sp³-hybridized carbons (Fsp3) is 0. The largest absolute Gasteiger partial charge is 0.255 e. The van der Waals surface area contributed by atoms with E-state index in [1.165, 1.54) is 0 Å². The molecule has 3 aromatic heterocycles. The minimum atomic E-state index is 0.646. The topological polar surface area (TPSA) is 64.5 Å². The van der Waals surface area contributed by atoms with Crippen LogP contribution in [0.1, 0.15) is 0 Å². The molecular weight excluding hydrogens is 587 g/mol. The van der Waals surface area contributed by atoms with Gasteiger partial charge in [-0.05, 0) is 46.0 Å². The molecule has 5 nitrogen and oxygen atoms in total. The predicted molar refractivity (Wildman–Crippen MR) is 193 cm³/mol. The van der Waals surface area contributed by atoms with E-state index in [1.54, 1.807) is 6.20 Å². The fourth-order valence-electron chi connectivity index (χ4n) is 5.69. The maximum atomic E-state index is 4.86. The van der Waals surface area contributed by atoms with Gasteiger partial charge in [0.15, 0.2) is 17.5 Å². The highest BCUT2D eigenvalue weighted by atomic mass is 15.0. The maximum absolute atomic E-state index is 4.86. The number of hydrogen-bond acceptors (Lipinski definition) is 5. The first kappa shape index (κ1) is 28.9. The molecule has 48 heavy (non-hydrogen) atoms. The molecule has 0 spiro atoms. The average molecular weight is 616 g/mol. The first-order valence-corrected chi connectivity index (χ1v) is 15.8. The lowest BCUT2D eigenvalue weighted by molar-refractivity contribution is 1.07. The van der Waals surface area contributed by atoms with Crippen molar-refractivity contribution in [1.82, 2.24) is 24.9 Å². The van der Waals surface area contributed by atoms with Crippen molar-refractivity contribution in [2.75, 3.05) is 0 Å². The van der Waals surface area contributed by atoms with Gasteiger partial charge in [0.2, 0.25) is 0 Å².